The minimum absolute atomic E-state index is 0.651. The summed E-state index contributed by atoms with van der Waals surface area (Å²) in [7, 11) is 4.24. The molecule has 22 heavy (non-hydrogen) atoms. The first-order valence-electron chi connectivity index (χ1n) is 7.39. The first kappa shape index (κ1) is 16.3. The second kappa shape index (κ2) is 8.36. The van der Waals surface area contributed by atoms with Gasteiger partial charge < -0.3 is 20.9 Å². The number of benzene rings is 2. The predicted octanol–water partition coefficient (Wildman–Crippen LogP) is 1.86. The Labute approximate surface area is 137 Å². The maximum absolute atomic E-state index is 5.31. The second-order valence-electron chi connectivity index (χ2n) is 5.41. The Bertz CT molecular complexity index is 599. The van der Waals surface area contributed by atoms with Crippen molar-refractivity contribution in [1.82, 2.24) is 5.32 Å². The van der Waals surface area contributed by atoms with Crippen LogP contribution in [0, 0.1) is 0 Å². The van der Waals surface area contributed by atoms with Crippen molar-refractivity contribution in [3.63, 3.8) is 0 Å². The van der Waals surface area contributed by atoms with E-state index in [1.54, 1.807) is 0 Å². The van der Waals surface area contributed by atoms with Gasteiger partial charge in [0.2, 0.25) is 0 Å². The molecule has 4 N–H and O–H groups in total. The van der Waals surface area contributed by atoms with Crippen molar-refractivity contribution in [3.8, 4) is 0 Å². The van der Waals surface area contributed by atoms with E-state index in [4.69, 9.17) is 12.2 Å². The molecule has 2 rings (SSSR count). The molecule has 0 aliphatic carbocycles. The molecular formula is C17H23N4S+. The highest BCUT2D eigenvalue weighted by Crippen LogP contribution is 2.19. The summed E-state index contributed by atoms with van der Waals surface area (Å²) in [6, 6.07) is 18.2. The molecule has 0 atom stereocenters. The average Bonchev–Trinajstić information content (AvgIpc) is 2.48. The van der Waals surface area contributed by atoms with E-state index in [0.717, 1.165) is 30.2 Å². The summed E-state index contributed by atoms with van der Waals surface area (Å²) < 4.78 is 0. The van der Waals surface area contributed by atoms with Crippen LogP contribution in [0.4, 0.5) is 17.1 Å². The highest BCUT2D eigenvalue weighted by atomic mass is 32.1. The molecule has 0 amide bonds. The summed E-state index contributed by atoms with van der Waals surface area (Å²) in [6.45, 7) is 1.88. The van der Waals surface area contributed by atoms with Crippen LogP contribution in [0.3, 0.4) is 0 Å². The number of hydrogen-bond donors (Lipinski definition) is 4. The molecule has 2 aromatic rings. The molecule has 5 heteroatoms. The zero-order valence-corrected chi connectivity index (χ0v) is 13.8. The van der Waals surface area contributed by atoms with E-state index in [-0.39, 0.29) is 0 Å². The third-order valence-corrected chi connectivity index (χ3v) is 3.34. The average molecular weight is 315 g/mol. The fourth-order valence-corrected chi connectivity index (χ4v) is 2.18. The van der Waals surface area contributed by atoms with Gasteiger partial charge in [-0.1, -0.05) is 24.3 Å². The van der Waals surface area contributed by atoms with E-state index in [0.29, 0.717) is 5.11 Å². The lowest BCUT2D eigenvalue weighted by Gasteiger charge is -2.13. The van der Waals surface area contributed by atoms with Crippen LogP contribution in [-0.4, -0.2) is 32.3 Å². The van der Waals surface area contributed by atoms with Gasteiger partial charge in [-0.05, 0) is 42.5 Å². The lowest BCUT2D eigenvalue weighted by molar-refractivity contribution is -0.856. The molecule has 0 heterocycles. The molecule has 2 aromatic carbocycles. The van der Waals surface area contributed by atoms with Gasteiger partial charge in [0.05, 0.1) is 27.2 Å². The molecule has 0 fully saturated rings. The third kappa shape index (κ3) is 5.71. The summed E-state index contributed by atoms with van der Waals surface area (Å²) >= 11 is 5.31. The minimum atomic E-state index is 0.651. The summed E-state index contributed by atoms with van der Waals surface area (Å²) in [5.74, 6) is 0. The monoisotopic (exact) mass is 315 g/mol. The van der Waals surface area contributed by atoms with Gasteiger partial charge in [-0.3, -0.25) is 0 Å². The summed E-state index contributed by atoms with van der Waals surface area (Å²) in [6.07, 6.45) is 0. The molecule has 0 saturated heterocycles. The van der Waals surface area contributed by atoms with Crippen LogP contribution in [0.15, 0.2) is 54.6 Å². The minimum Gasteiger partial charge on any atom is -0.357 e. The Balaban J connectivity index is 1.89. The molecule has 0 radical (unpaired) electrons. The molecule has 0 unspecified atom stereocenters. The van der Waals surface area contributed by atoms with Crippen molar-refractivity contribution >= 4 is 34.4 Å². The Kier molecular flexibility index (Phi) is 6.18. The Morgan fingerprint density at radius 3 is 2.36 bits per heavy atom. The van der Waals surface area contributed by atoms with Gasteiger partial charge in [-0.25, -0.2) is 0 Å². The second-order valence-corrected chi connectivity index (χ2v) is 5.82. The molecule has 0 aliphatic heterocycles. The normalized spacial score (nSPS) is 10.3. The molecule has 0 aliphatic rings. The van der Waals surface area contributed by atoms with Crippen LogP contribution in [0.2, 0.25) is 0 Å². The smallest absolute Gasteiger partial charge is 0.170 e. The van der Waals surface area contributed by atoms with Crippen LogP contribution in [-0.2, 0) is 0 Å². The van der Waals surface area contributed by atoms with Gasteiger partial charge in [0, 0.05) is 17.1 Å². The van der Waals surface area contributed by atoms with Crippen molar-refractivity contribution in [3.05, 3.63) is 54.6 Å². The fourth-order valence-electron chi connectivity index (χ4n) is 1.96. The lowest BCUT2D eigenvalue weighted by atomic mass is 10.2. The van der Waals surface area contributed by atoms with Crippen molar-refractivity contribution < 1.29 is 4.90 Å². The number of nitrogens with one attached hydrogen (secondary N) is 4. The Hall–Kier alpha value is -2.11. The summed E-state index contributed by atoms with van der Waals surface area (Å²) in [5.41, 5.74) is 3.06. The van der Waals surface area contributed by atoms with Gasteiger partial charge in [0.25, 0.3) is 0 Å². The first-order valence-corrected chi connectivity index (χ1v) is 7.80. The van der Waals surface area contributed by atoms with E-state index < -0.39 is 0 Å². The van der Waals surface area contributed by atoms with E-state index in [2.05, 4.69) is 30.0 Å². The predicted molar refractivity (Wildman–Crippen MR) is 98.1 cm³/mol. The van der Waals surface area contributed by atoms with Crippen LogP contribution < -0.4 is 20.9 Å². The summed E-state index contributed by atoms with van der Waals surface area (Å²) in [4.78, 5) is 1.39. The van der Waals surface area contributed by atoms with Gasteiger partial charge >= 0.3 is 0 Å². The number of likely N-dealkylation sites (N-methyl/N-ethyl adjacent to an activating group) is 1. The zero-order chi connectivity index (χ0) is 15.8. The van der Waals surface area contributed by atoms with Crippen molar-refractivity contribution in [2.45, 2.75) is 0 Å². The SMILES string of the molecule is C[NH+](C)CCNC(=S)Nc1cccc(Nc2ccccc2)c1. The van der Waals surface area contributed by atoms with Crippen LogP contribution in [0.1, 0.15) is 0 Å². The maximum atomic E-state index is 5.31. The van der Waals surface area contributed by atoms with Gasteiger partial charge in [-0.15, -0.1) is 0 Å². The van der Waals surface area contributed by atoms with Crippen molar-refractivity contribution in [2.24, 2.45) is 0 Å². The molecule has 0 saturated carbocycles. The largest absolute Gasteiger partial charge is 0.357 e. The van der Waals surface area contributed by atoms with Crippen molar-refractivity contribution in [2.75, 3.05) is 37.8 Å². The zero-order valence-electron chi connectivity index (χ0n) is 13.0. The number of hydrogen-bond acceptors (Lipinski definition) is 2. The Morgan fingerprint density at radius 1 is 0.955 bits per heavy atom. The number of thiocarbonyl (C=S) groups is 1. The standard InChI is InChI=1S/C17H22N4S/c1-21(2)12-11-18-17(22)20-16-10-6-9-15(13-16)19-14-7-4-3-5-8-14/h3-10,13,19H,11-12H2,1-2H3,(H2,18,20,22)/p+1. The lowest BCUT2D eigenvalue weighted by Crippen LogP contribution is -3.06. The van der Waals surface area contributed by atoms with Gasteiger partial charge in [0.1, 0.15) is 0 Å². The molecule has 4 nitrogen and oxygen atoms in total. The quantitative estimate of drug-likeness (QED) is 0.614. The highest BCUT2D eigenvalue weighted by molar-refractivity contribution is 7.80. The number of para-hydroxylation sites is 1. The van der Waals surface area contributed by atoms with E-state index in [1.165, 1.54) is 4.90 Å². The van der Waals surface area contributed by atoms with Gasteiger partial charge in [-0.2, -0.15) is 0 Å². The number of anilines is 3. The fraction of sp³-hybridized carbons (Fsp3) is 0.235. The third-order valence-electron chi connectivity index (χ3n) is 3.09. The molecule has 116 valence electrons. The Morgan fingerprint density at radius 2 is 1.64 bits per heavy atom. The molecule has 0 aromatic heterocycles. The molecule has 0 spiro atoms. The van der Waals surface area contributed by atoms with E-state index in [1.807, 2.05) is 54.6 Å². The molecular weight excluding hydrogens is 292 g/mol. The first-order chi connectivity index (χ1) is 10.6. The van der Waals surface area contributed by atoms with E-state index >= 15 is 0 Å². The van der Waals surface area contributed by atoms with Crippen LogP contribution in [0.25, 0.3) is 0 Å². The van der Waals surface area contributed by atoms with Crippen LogP contribution >= 0.6 is 12.2 Å². The van der Waals surface area contributed by atoms with Gasteiger partial charge in [0.15, 0.2) is 5.11 Å². The maximum Gasteiger partial charge on any atom is 0.170 e. The van der Waals surface area contributed by atoms with E-state index in [9.17, 15) is 0 Å². The van der Waals surface area contributed by atoms with Crippen molar-refractivity contribution in [1.29, 1.82) is 0 Å². The number of rotatable bonds is 6. The number of quaternary nitrogens is 1. The summed E-state index contributed by atoms with van der Waals surface area (Å²) in [5, 5.41) is 10.4. The van der Waals surface area contributed by atoms with Crippen LogP contribution in [0.5, 0.6) is 0 Å². The topological polar surface area (TPSA) is 40.5 Å². The highest BCUT2D eigenvalue weighted by Gasteiger charge is 2.00. The molecule has 0 bridgehead atoms.